The molecule has 9 nitrogen and oxygen atoms in total. The van der Waals surface area contributed by atoms with E-state index in [2.05, 4.69) is 58.3 Å². The third kappa shape index (κ3) is 8.20. The summed E-state index contributed by atoms with van der Waals surface area (Å²) in [6, 6.07) is 8.93. The molecule has 0 amide bonds. The highest BCUT2D eigenvalue weighted by molar-refractivity contribution is 8.03. The smallest absolute Gasteiger partial charge is 0.283 e. The summed E-state index contributed by atoms with van der Waals surface area (Å²) < 4.78 is 66.1. The fraction of sp³-hybridized carbons (Fsp3) is 0.514. The van der Waals surface area contributed by atoms with Gasteiger partial charge in [-0.2, -0.15) is 31.2 Å². The van der Waals surface area contributed by atoms with Crippen LogP contribution in [0.4, 0.5) is 5.69 Å². The van der Waals surface area contributed by atoms with Crippen molar-refractivity contribution in [1.29, 1.82) is 0 Å². The SMILES string of the molecule is CCNOS(=O)(=O)CCCN1/C(=C/C(=C/c2sc3ccc4c(c3[n+]2CCCS(=O)(=O)O)CCCC4)CC)Sc2ccc3c(c21)CCCC3. The Balaban J connectivity index is 1.37. The molecule has 3 aliphatic rings. The lowest BCUT2D eigenvalue weighted by Gasteiger charge is -2.26. The number of nitrogens with one attached hydrogen (secondary N) is 1. The van der Waals surface area contributed by atoms with Crippen molar-refractivity contribution < 1.29 is 30.2 Å². The summed E-state index contributed by atoms with van der Waals surface area (Å²) in [5, 5.41) is 2.14. The van der Waals surface area contributed by atoms with Gasteiger partial charge >= 0.3 is 0 Å². The highest BCUT2D eigenvalue weighted by Gasteiger charge is 2.31. The Kier molecular flexibility index (Phi) is 11.4. The second-order valence-electron chi connectivity index (χ2n) is 12.8. The van der Waals surface area contributed by atoms with Crippen molar-refractivity contribution in [3.8, 4) is 0 Å². The molecule has 0 fully saturated rings. The molecule has 2 heterocycles. The molecule has 3 aromatic rings. The van der Waals surface area contributed by atoms with Crippen LogP contribution in [0.25, 0.3) is 16.3 Å². The number of allylic oxidation sites excluding steroid dienone is 2. The van der Waals surface area contributed by atoms with E-state index in [1.807, 2.05) is 0 Å². The van der Waals surface area contributed by atoms with Crippen LogP contribution >= 0.6 is 23.1 Å². The van der Waals surface area contributed by atoms with Crippen LogP contribution in [0.15, 0.2) is 45.8 Å². The number of aromatic nitrogens is 1. The number of nitrogens with zero attached hydrogens (tertiary/aromatic N) is 2. The predicted molar refractivity (Wildman–Crippen MR) is 195 cm³/mol. The first-order chi connectivity index (χ1) is 23.1. The van der Waals surface area contributed by atoms with Gasteiger partial charge in [-0.05, 0) is 105 Å². The summed E-state index contributed by atoms with van der Waals surface area (Å²) >= 11 is 3.47. The number of fused-ring (bicyclic) bond motifs is 6. The minimum Gasteiger partial charge on any atom is -0.335 e. The highest BCUT2D eigenvalue weighted by atomic mass is 32.2. The molecule has 0 saturated carbocycles. The van der Waals surface area contributed by atoms with Crippen molar-refractivity contribution in [2.24, 2.45) is 0 Å². The van der Waals surface area contributed by atoms with Gasteiger partial charge in [0.15, 0.2) is 6.54 Å². The summed E-state index contributed by atoms with van der Waals surface area (Å²) in [6.07, 6.45) is 14.8. The van der Waals surface area contributed by atoms with E-state index >= 15 is 0 Å². The van der Waals surface area contributed by atoms with Gasteiger partial charge in [0.1, 0.15) is 4.70 Å². The number of thiazole rings is 1. The van der Waals surface area contributed by atoms with Crippen LogP contribution < -0.4 is 14.9 Å². The van der Waals surface area contributed by atoms with Crippen LogP contribution in [0, 0.1) is 0 Å². The van der Waals surface area contributed by atoms with Crippen molar-refractivity contribution >= 4 is 65.3 Å². The fourth-order valence-corrected chi connectivity index (χ4v) is 10.8. The monoisotopic (exact) mass is 732 g/mol. The van der Waals surface area contributed by atoms with Gasteiger partial charge in [0.25, 0.3) is 25.2 Å². The van der Waals surface area contributed by atoms with Crippen molar-refractivity contribution in [2.45, 2.75) is 95.9 Å². The first-order valence-corrected chi connectivity index (χ1v) is 22.0. The Morgan fingerprint density at radius 2 is 1.67 bits per heavy atom. The molecule has 0 unspecified atom stereocenters. The summed E-state index contributed by atoms with van der Waals surface area (Å²) in [4.78, 5) is 3.52. The van der Waals surface area contributed by atoms with Crippen LogP contribution in [0.1, 0.15) is 86.1 Å². The van der Waals surface area contributed by atoms with Crippen molar-refractivity contribution in [2.75, 3.05) is 29.5 Å². The molecular formula is C35H46N3O6S4+. The molecule has 0 atom stereocenters. The van der Waals surface area contributed by atoms with Crippen molar-refractivity contribution in [3.63, 3.8) is 0 Å². The largest absolute Gasteiger partial charge is 0.335 e. The number of thioether (sulfide) groups is 1. The zero-order valence-corrected chi connectivity index (χ0v) is 31.1. The van der Waals surface area contributed by atoms with E-state index in [9.17, 15) is 21.4 Å². The normalized spacial score (nSPS) is 17.6. The molecular weight excluding hydrogens is 687 g/mol. The van der Waals surface area contributed by atoms with E-state index in [0.29, 0.717) is 32.5 Å². The maximum atomic E-state index is 12.5. The van der Waals surface area contributed by atoms with Crippen LogP contribution in [0.3, 0.4) is 0 Å². The number of anilines is 1. The van der Waals surface area contributed by atoms with E-state index < -0.39 is 20.2 Å². The Bertz CT molecular complexity index is 1950. The van der Waals surface area contributed by atoms with E-state index in [1.165, 1.54) is 55.9 Å². The van der Waals surface area contributed by atoms with Crippen molar-refractivity contribution in [1.82, 2.24) is 5.48 Å². The topological polar surface area (TPSA) is 117 Å². The number of hydrogen-bond acceptors (Lipinski definition) is 9. The van der Waals surface area contributed by atoms with Gasteiger partial charge in [0.05, 0.1) is 22.2 Å². The van der Waals surface area contributed by atoms with Gasteiger partial charge in [-0.15, -0.1) is 0 Å². The number of aryl methyl sites for hydroxylation is 4. The van der Waals surface area contributed by atoms with Gasteiger partial charge < -0.3 is 4.90 Å². The lowest BCUT2D eigenvalue weighted by molar-refractivity contribution is -0.668. The van der Waals surface area contributed by atoms with E-state index in [0.717, 1.165) is 60.6 Å². The molecule has 13 heteroatoms. The molecule has 0 saturated heterocycles. The Morgan fingerprint density at radius 3 is 2.40 bits per heavy atom. The maximum Gasteiger partial charge on any atom is 0.283 e. The zero-order valence-electron chi connectivity index (χ0n) is 27.8. The molecule has 2 N–H and O–H groups in total. The molecule has 1 aliphatic heterocycles. The van der Waals surface area contributed by atoms with Gasteiger partial charge in [-0.1, -0.05) is 49.1 Å². The number of hydroxylamine groups is 1. The Morgan fingerprint density at radius 1 is 0.958 bits per heavy atom. The number of rotatable bonds is 14. The van der Waals surface area contributed by atoms with Crippen LogP contribution in [0.5, 0.6) is 0 Å². The molecule has 6 rings (SSSR count). The van der Waals surface area contributed by atoms with Crippen LogP contribution in [0.2, 0.25) is 0 Å². The quantitative estimate of drug-likeness (QED) is 0.106. The molecule has 2 aromatic carbocycles. The highest BCUT2D eigenvalue weighted by Crippen LogP contribution is 2.50. The standard InChI is InChI=1S/C35H45N3O6S4/c1-3-25(23-32-37(19-9-21-47(39,40)41)34-28-13-7-5-11-26(28)15-17-30(34)45-32)24-33-38(20-10-22-48(42,43)44-36-4-2)35-29-14-8-6-12-27(29)16-18-31(35)46-33/h15-18,23-24,36H,3-14,19-22H2,1-2H3/p+1. The summed E-state index contributed by atoms with van der Waals surface area (Å²) in [5.74, 6) is -0.353. The average molecular weight is 733 g/mol. The maximum absolute atomic E-state index is 12.5. The lowest BCUT2D eigenvalue weighted by Crippen LogP contribution is -2.37. The minimum atomic E-state index is -4.06. The Hall–Kier alpha value is -2.26. The summed E-state index contributed by atoms with van der Waals surface area (Å²) in [6.45, 7) is 5.39. The third-order valence-corrected chi connectivity index (χ3v) is 13.5. The first kappa shape index (κ1) is 35.6. The van der Waals surface area contributed by atoms with Crippen LogP contribution in [-0.2, 0) is 56.7 Å². The number of benzene rings is 2. The van der Waals surface area contributed by atoms with E-state index in [1.54, 1.807) is 30.0 Å². The van der Waals surface area contributed by atoms with Gasteiger partial charge in [-0.25, -0.2) is 0 Å². The van der Waals surface area contributed by atoms with E-state index in [4.69, 9.17) is 4.28 Å². The second kappa shape index (κ2) is 15.3. The average Bonchev–Trinajstić information content (AvgIpc) is 3.60. The van der Waals surface area contributed by atoms with Crippen LogP contribution in [-0.4, -0.2) is 46.0 Å². The summed E-state index contributed by atoms with van der Waals surface area (Å²) in [7, 11) is -7.74. The molecule has 1 aromatic heterocycles. The molecule has 260 valence electrons. The fourth-order valence-electron chi connectivity index (χ4n) is 7.10. The molecule has 0 radical (unpaired) electrons. The van der Waals surface area contributed by atoms with Gasteiger partial charge in [-0.3, -0.25) is 4.55 Å². The molecule has 0 spiro atoms. The Labute approximate surface area is 293 Å². The molecule has 2 aliphatic carbocycles. The van der Waals surface area contributed by atoms with E-state index in [-0.39, 0.29) is 11.5 Å². The lowest BCUT2D eigenvalue weighted by atomic mass is 9.90. The van der Waals surface area contributed by atoms with Crippen molar-refractivity contribution in [3.05, 3.63) is 68.2 Å². The third-order valence-electron chi connectivity index (χ3n) is 9.35. The predicted octanol–water partition coefficient (Wildman–Crippen LogP) is 6.73. The van der Waals surface area contributed by atoms with Gasteiger partial charge in [0.2, 0.25) is 5.52 Å². The zero-order chi connectivity index (χ0) is 33.9. The number of hydrogen-bond donors (Lipinski definition) is 2. The molecule has 0 bridgehead atoms. The summed E-state index contributed by atoms with van der Waals surface area (Å²) in [5.41, 5.74) is 11.5. The van der Waals surface area contributed by atoms with Gasteiger partial charge in [0, 0.05) is 36.0 Å². The second-order valence-corrected chi connectivity index (χ2v) is 18.1. The molecule has 48 heavy (non-hydrogen) atoms. The first-order valence-electron chi connectivity index (χ1n) is 17.2. The minimum absolute atomic E-state index is 0.0784.